The van der Waals surface area contributed by atoms with E-state index in [1.54, 1.807) is 0 Å². The Labute approximate surface area is 157 Å². The molecule has 9 heteroatoms. The van der Waals surface area contributed by atoms with Crippen LogP contribution < -0.4 is 0 Å². The molecule has 1 aromatic rings. The molecule has 1 aromatic carbocycles. The summed E-state index contributed by atoms with van der Waals surface area (Å²) in [5.74, 6) is -1.98. The summed E-state index contributed by atoms with van der Waals surface area (Å²) in [5, 5.41) is 0. The van der Waals surface area contributed by atoms with Crippen LogP contribution in [0.2, 0.25) is 0 Å². The fraction of sp³-hybridized carbons (Fsp3) is 0.611. The number of carbonyl (C=O) groups excluding carboxylic acids is 1. The monoisotopic (exact) mass is 399 g/mol. The third-order valence-corrected chi connectivity index (χ3v) is 7.83. The predicted molar refractivity (Wildman–Crippen MR) is 94.4 cm³/mol. The van der Waals surface area contributed by atoms with Crippen molar-refractivity contribution >= 4 is 15.9 Å². The van der Waals surface area contributed by atoms with Crippen LogP contribution in [-0.2, 0) is 14.8 Å². The summed E-state index contributed by atoms with van der Waals surface area (Å²) < 4.78 is 54.3. The summed E-state index contributed by atoms with van der Waals surface area (Å²) in [5.41, 5.74) is -0.780. The number of rotatable bonds is 3. The molecule has 0 bridgehead atoms. The van der Waals surface area contributed by atoms with E-state index in [0.29, 0.717) is 32.2 Å². The standard InChI is InChI=1S/C18H23F2N3O3S/c1-21-9-13-10-23(27(25,26)16-7-14(19)6-15(20)8-16)12-18(13,11-21)17(24)22-4-2-3-5-22/h6-8,13H,2-5,9-12H2,1H3/t13-,18-/m0/s1. The van der Waals surface area contributed by atoms with E-state index in [1.165, 1.54) is 4.31 Å². The highest BCUT2D eigenvalue weighted by atomic mass is 32.2. The third kappa shape index (κ3) is 3.05. The minimum absolute atomic E-state index is 0.0115. The number of hydrogen-bond acceptors (Lipinski definition) is 4. The van der Waals surface area contributed by atoms with E-state index in [2.05, 4.69) is 4.90 Å². The first-order valence-electron chi connectivity index (χ1n) is 9.16. The molecule has 3 fully saturated rings. The quantitative estimate of drug-likeness (QED) is 0.765. The molecule has 2 atom stereocenters. The Hall–Kier alpha value is -1.58. The van der Waals surface area contributed by atoms with Crippen molar-refractivity contribution in [2.45, 2.75) is 17.7 Å². The van der Waals surface area contributed by atoms with E-state index in [4.69, 9.17) is 0 Å². The van der Waals surface area contributed by atoms with Gasteiger partial charge in [-0.05, 0) is 32.0 Å². The predicted octanol–water partition coefficient (Wildman–Crippen LogP) is 1.14. The molecule has 0 N–H and O–H groups in total. The van der Waals surface area contributed by atoms with Gasteiger partial charge in [-0.3, -0.25) is 4.79 Å². The van der Waals surface area contributed by atoms with Gasteiger partial charge in [-0.2, -0.15) is 4.31 Å². The van der Waals surface area contributed by atoms with Gasteiger partial charge in [0, 0.05) is 51.3 Å². The molecule has 27 heavy (non-hydrogen) atoms. The first-order valence-corrected chi connectivity index (χ1v) is 10.6. The number of carbonyl (C=O) groups is 1. The van der Waals surface area contributed by atoms with Crippen LogP contribution in [0.25, 0.3) is 0 Å². The summed E-state index contributed by atoms with van der Waals surface area (Å²) in [4.78, 5) is 16.8. The average Bonchev–Trinajstić information content (AvgIpc) is 3.27. The number of hydrogen-bond donors (Lipinski definition) is 0. The highest BCUT2D eigenvalue weighted by Gasteiger charge is 2.59. The summed E-state index contributed by atoms with van der Waals surface area (Å²) in [7, 11) is -2.15. The van der Waals surface area contributed by atoms with E-state index >= 15 is 0 Å². The lowest BCUT2D eigenvalue weighted by Crippen LogP contribution is -2.48. The van der Waals surface area contributed by atoms with Crippen LogP contribution in [0.3, 0.4) is 0 Å². The molecule has 3 heterocycles. The van der Waals surface area contributed by atoms with E-state index in [0.717, 1.165) is 25.0 Å². The molecular formula is C18H23F2N3O3S. The summed E-state index contributed by atoms with van der Waals surface area (Å²) in [6.07, 6.45) is 1.93. The maximum atomic E-state index is 13.5. The minimum Gasteiger partial charge on any atom is -0.342 e. The van der Waals surface area contributed by atoms with E-state index in [1.807, 2.05) is 11.9 Å². The molecule has 3 aliphatic rings. The number of benzene rings is 1. The van der Waals surface area contributed by atoms with E-state index in [-0.39, 0.29) is 24.9 Å². The number of amides is 1. The summed E-state index contributed by atoms with van der Waals surface area (Å²) in [6, 6.07) is 2.30. The van der Waals surface area contributed by atoms with Gasteiger partial charge in [0.25, 0.3) is 0 Å². The molecule has 148 valence electrons. The Kier molecular flexibility index (Phi) is 4.51. The van der Waals surface area contributed by atoms with Crippen LogP contribution in [-0.4, -0.2) is 74.7 Å². The fourth-order valence-corrected chi connectivity index (χ4v) is 6.42. The third-order valence-electron chi connectivity index (χ3n) is 6.04. The normalized spacial score (nSPS) is 29.4. The highest BCUT2D eigenvalue weighted by Crippen LogP contribution is 2.45. The summed E-state index contributed by atoms with van der Waals surface area (Å²) >= 11 is 0. The van der Waals surface area contributed by atoms with Gasteiger partial charge >= 0.3 is 0 Å². The van der Waals surface area contributed by atoms with Gasteiger partial charge in [0.15, 0.2) is 0 Å². The Morgan fingerprint density at radius 1 is 1.07 bits per heavy atom. The zero-order valence-electron chi connectivity index (χ0n) is 15.2. The Morgan fingerprint density at radius 3 is 2.33 bits per heavy atom. The molecular weight excluding hydrogens is 376 g/mol. The molecule has 0 saturated carbocycles. The van der Waals surface area contributed by atoms with Gasteiger partial charge < -0.3 is 9.80 Å². The maximum Gasteiger partial charge on any atom is 0.243 e. The topological polar surface area (TPSA) is 60.9 Å². The van der Waals surface area contributed by atoms with Crippen LogP contribution >= 0.6 is 0 Å². The van der Waals surface area contributed by atoms with Gasteiger partial charge in [0.2, 0.25) is 15.9 Å². The van der Waals surface area contributed by atoms with Gasteiger partial charge in [0.05, 0.1) is 10.3 Å². The molecule has 0 aromatic heterocycles. The zero-order chi connectivity index (χ0) is 19.4. The second-order valence-corrected chi connectivity index (χ2v) is 9.89. The first kappa shape index (κ1) is 18.8. The van der Waals surface area contributed by atoms with Crippen LogP contribution in [0.5, 0.6) is 0 Å². The first-order chi connectivity index (χ1) is 12.7. The molecule has 1 amide bonds. The molecule has 0 unspecified atom stereocenters. The lowest BCUT2D eigenvalue weighted by molar-refractivity contribution is -0.140. The largest absolute Gasteiger partial charge is 0.342 e. The van der Waals surface area contributed by atoms with Crippen molar-refractivity contribution in [2.75, 3.05) is 46.3 Å². The molecule has 3 saturated heterocycles. The van der Waals surface area contributed by atoms with Crippen molar-refractivity contribution in [2.24, 2.45) is 11.3 Å². The fourth-order valence-electron chi connectivity index (χ4n) is 4.82. The Morgan fingerprint density at radius 2 is 1.70 bits per heavy atom. The Balaban J connectivity index is 1.66. The van der Waals surface area contributed by atoms with Crippen molar-refractivity contribution in [1.29, 1.82) is 0 Å². The maximum absolute atomic E-state index is 13.5. The number of likely N-dealkylation sites (tertiary alicyclic amines) is 2. The van der Waals surface area contributed by atoms with Crippen molar-refractivity contribution in [3.8, 4) is 0 Å². The molecule has 0 radical (unpaired) electrons. The van der Waals surface area contributed by atoms with Crippen molar-refractivity contribution in [3.05, 3.63) is 29.8 Å². The van der Waals surface area contributed by atoms with Gasteiger partial charge in [-0.25, -0.2) is 17.2 Å². The SMILES string of the molecule is CN1C[C@H]2CN(S(=O)(=O)c3cc(F)cc(F)c3)C[C@@]2(C(=O)N2CCCC2)C1. The van der Waals surface area contributed by atoms with Gasteiger partial charge in [-0.1, -0.05) is 0 Å². The second-order valence-electron chi connectivity index (χ2n) is 7.95. The van der Waals surface area contributed by atoms with E-state index < -0.39 is 32.0 Å². The van der Waals surface area contributed by atoms with Crippen LogP contribution in [0.15, 0.2) is 23.1 Å². The molecule has 0 spiro atoms. The van der Waals surface area contributed by atoms with Gasteiger partial charge in [-0.15, -0.1) is 0 Å². The number of halogens is 2. The second kappa shape index (κ2) is 6.49. The summed E-state index contributed by atoms with van der Waals surface area (Å²) in [6.45, 7) is 2.78. The number of fused-ring (bicyclic) bond motifs is 1. The van der Waals surface area contributed by atoms with Crippen molar-refractivity contribution in [3.63, 3.8) is 0 Å². The lowest BCUT2D eigenvalue weighted by Gasteiger charge is -2.32. The Bertz CT molecular complexity index is 852. The number of nitrogens with zero attached hydrogens (tertiary/aromatic N) is 3. The molecule has 4 rings (SSSR count). The number of sulfonamides is 1. The van der Waals surface area contributed by atoms with Crippen LogP contribution in [0, 0.1) is 23.0 Å². The lowest BCUT2D eigenvalue weighted by atomic mass is 9.79. The van der Waals surface area contributed by atoms with Crippen molar-refractivity contribution < 1.29 is 22.0 Å². The van der Waals surface area contributed by atoms with E-state index in [9.17, 15) is 22.0 Å². The smallest absolute Gasteiger partial charge is 0.243 e. The molecule has 0 aliphatic carbocycles. The highest BCUT2D eigenvalue weighted by molar-refractivity contribution is 7.89. The molecule has 3 aliphatic heterocycles. The molecule has 6 nitrogen and oxygen atoms in total. The minimum atomic E-state index is -4.07. The van der Waals surface area contributed by atoms with Crippen LogP contribution in [0.4, 0.5) is 8.78 Å². The average molecular weight is 399 g/mol. The van der Waals surface area contributed by atoms with Crippen LogP contribution in [0.1, 0.15) is 12.8 Å². The zero-order valence-corrected chi connectivity index (χ0v) is 16.0. The van der Waals surface area contributed by atoms with Crippen molar-refractivity contribution in [1.82, 2.24) is 14.1 Å². The van der Waals surface area contributed by atoms with Gasteiger partial charge in [0.1, 0.15) is 11.6 Å².